The summed E-state index contributed by atoms with van der Waals surface area (Å²) < 4.78 is 0.745. The highest BCUT2D eigenvalue weighted by Crippen LogP contribution is 2.27. The van der Waals surface area contributed by atoms with E-state index in [1.165, 1.54) is 23.1 Å². The Hall–Kier alpha value is -0.990. The van der Waals surface area contributed by atoms with Gasteiger partial charge in [0.05, 0.1) is 0 Å². The average Bonchev–Trinajstić information content (AvgIpc) is 2.49. The number of hydrogen-bond acceptors (Lipinski definition) is 8. The van der Waals surface area contributed by atoms with E-state index in [2.05, 4.69) is 25.1 Å². The maximum absolute atomic E-state index is 5.63. The molecule has 0 aliphatic rings. The number of anilines is 1. The molecule has 0 bridgehead atoms. The Morgan fingerprint density at radius 2 is 2.07 bits per heavy atom. The molecule has 0 amide bonds. The first-order valence-electron chi connectivity index (χ1n) is 3.78. The second-order valence-electron chi connectivity index (χ2n) is 2.43. The van der Waals surface area contributed by atoms with Gasteiger partial charge >= 0.3 is 0 Å². The lowest BCUT2D eigenvalue weighted by Crippen LogP contribution is -1.98. The minimum Gasteiger partial charge on any atom is -0.368 e. The first-order valence-corrected chi connectivity index (χ1v) is 5.79. The zero-order valence-electron chi connectivity index (χ0n) is 7.51. The van der Waals surface area contributed by atoms with Gasteiger partial charge in [-0.1, -0.05) is 11.3 Å². The van der Waals surface area contributed by atoms with Gasteiger partial charge in [0, 0.05) is 0 Å². The molecule has 0 atom stereocenters. The molecule has 0 aliphatic carbocycles. The lowest BCUT2D eigenvalue weighted by molar-refractivity contribution is 0.910. The van der Waals surface area contributed by atoms with Gasteiger partial charge in [0.2, 0.25) is 16.4 Å². The van der Waals surface area contributed by atoms with Crippen LogP contribution in [-0.2, 0) is 0 Å². The number of nitrogens with zero attached hydrogens (tertiary/aromatic N) is 5. The molecule has 2 aromatic rings. The molecule has 0 unspecified atom stereocenters. The van der Waals surface area contributed by atoms with Crippen LogP contribution in [0.5, 0.6) is 0 Å². The van der Waals surface area contributed by atoms with E-state index in [9.17, 15) is 0 Å². The largest absolute Gasteiger partial charge is 0.368 e. The summed E-state index contributed by atoms with van der Waals surface area (Å²) >= 11 is 8.34. The van der Waals surface area contributed by atoms with Crippen molar-refractivity contribution in [1.82, 2.24) is 25.1 Å². The van der Waals surface area contributed by atoms with Gasteiger partial charge in [-0.05, 0) is 30.3 Å². The minimum atomic E-state index is 0.0752. The standard InChI is InChI=1S/C6H5ClN6S2/c1-2-12-13-6(14-2)15-5-10-3(7)9-4(8)11-5/h1H3,(H2,8,9,10,11). The maximum Gasteiger partial charge on any atom is 0.228 e. The second-order valence-corrected chi connectivity index (χ2v) is 5.17. The fourth-order valence-electron chi connectivity index (χ4n) is 0.790. The third-order valence-electron chi connectivity index (χ3n) is 1.29. The summed E-state index contributed by atoms with van der Waals surface area (Å²) in [6.45, 7) is 1.87. The zero-order chi connectivity index (χ0) is 10.8. The first-order chi connectivity index (χ1) is 7.13. The molecule has 2 N–H and O–H groups in total. The van der Waals surface area contributed by atoms with Gasteiger partial charge in [-0.25, -0.2) is 0 Å². The van der Waals surface area contributed by atoms with Crippen LogP contribution in [0.4, 0.5) is 5.95 Å². The summed E-state index contributed by atoms with van der Waals surface area (Å²) in [5.74, 6) is 0.0961. The minimum absolute atomic E-state index is 0.0752. The normalized spacial score (nSPS) is 10.5. The van der Waals surface area contributed by atoms with E-state index in [0.717, 1.165) is 9.35 Å². The molecule has 0 saturated heterocycles. The molecule has 2 aromatic heterocycles. The van der Waals surface area contributed by atoms with Crippen molar-refractivity contribution in [2.24, 2.45) is 0 Å². The molecule has 0 aliphatic heterocycles. The van der Waals surface area contributed by atoms with E-state index in [4.69, 9.17) is 17.3 Å². The summed E-state index contributed by atoms with van der Waals surface area (Å²) in [5.41, 5.74) is 5.43. The smallest absolute Gasteiger partial charge is 0.228 e. The van der Waals surface area contributed by atoms with E-state index in [1.807, 2.05) is 6.92 Å². The summed E-state index contributed by atoms with van der Waals surface area (Å²) in [6.07, 6.45) is 0. The van der Waals surface area contributed by atoms with Crippen LogP contribution in [0.1, 0.15) is 5.01 Å². The van der Waals surface area contributed by atoms with Gasteiger partial charge in [0.15, 0.2) is 4.34 Å². The molecule has 0 fully saturated rings. The quantitative estimate of drug-likeness (QED) is 0.873. The zero-order valence-corrected chi connectivity index (χ0v) is 9.90. The van der Waals surface area contributed by atoms with Crippen molar-refractivity contribution in [1.29, 1.82) is 0 Å². The predicted molar refractivity (Wildman–Crippen MR) is 58.0 cm³/mol. The van der Waals surface area contributed by atoms with E-state index in [0.29, 0.717) is 5.16 Å². The highest BCUT2D eigenvalue weighted by Gasteiger charge is 2.08. The van der Waals surface area contributed by atoms with E-state index in [1.54, 1.807) is 0 Å². The molecule has 2 heterocycles. The molecule has 2 rings (SSSR count). The number of hydrogen-bond donors (Lipinski definition) is 1. The molecule has 6 nitrogen and oxygen atoms in total. The Morgan fingerprint density at radius 1 is 1.27 bits per heavy atom. The van der Waals surface area contributed by atoms with Crippen molar-refractivity contribution >= 4 is 40.6 Å². The Labute approximate surface area is 98.3 Å². The van der Waals surface area contributed by atoms with Gasteiger partial charge in [-0.3, -0.25) is 0 Å². The fraction of sp³-hybridized carbons (Fsp3) is 0.167. The Bertz CT molecular complexity index is 466. The van der Waals surface area contributed by atoms with Crippen LogP contribution in [0.3, 0.4) is 0 Å². The number of halogens is 1. The number of nitrogens with two attached hydrogens (primary N) is 1. The van der Waals surface area contributed by atoms with Crippen LogP contribution in [0.25, 0.3) is 0 Å². The maximum atomic E-state index is 5.63. The van der Waals surface area contributed by atoms with Gasteiger partial charge in [-0.15, -0.1) is 10.2 Å². The van der Waals surface area contributed by atoms with E-state index >= 15 is 0 Å². The summed E-state index contributed by atoms with van der Waals surface area (Å²) in [5, 5.41) is 9.16. The summed E-state index contributed by atoms with van der Waals surface area (Å²) in [4.78, 5) is 11.5. The molecular formula is C6H5ClN6S2. The van der Waals surface area contributed by atoms with Crippen molar-refractivity contribution < 1.29 is 0 Å². The SMILES string of the molecule is Cc1nnc(Sc2nc(N)nc(Cl)n2)s1. The molecule has 9 heteroatoms. The molecule has 0 saturated carbocycles. The van der Waals surface area contributed by atoms with Crippen LogP contribution in [0.15, 0.2) is 9.50 Å². The van der Waals surface area contributed by atoms with Gasteiger partial charge < -0.3 is 5.73 Å². The number of aromatic nitrogens is 5. The van der Waals surface area contributed by atoms with Gasteiger partial charge in [0.25, 0.3) is 0 Å². The van der Waals surface area contributed by atoms with Crippen LogP contribution in [0.2, 0.25) is 5.28 Å². The van der Waals surface area contributed by atoms with E-state index in [-0.39, 0.29) is 11.2 Å². The Kier molecular flexibility index (Phi) is 2.98. The van der Waals surface area contributed by atoms with Crippen LogP contribution < -0.4 is 5.73 Å². The monoisotopic (exact) mass is 260 g/mol. The highest BCUT2D eigenvalue weighted by atomic mass is 35.5. The highest BCUT2D eigenvalue weighted by molar-refractivity contribution is 8.00. The van der Waals surface area contributed by atoms with Crippen molar-refractivity contribution in [3.63, 3.8) is 0 Å². The topological polar surface area (TPSA) is 90.5 Å². The third kappa shape index (κ3) is 2.74. The van der Waals surface area contributed by atoms with Crippen molar-refractivity contribution in [2.75, 3.05) is 5.73 Å². The van der Waals surface area contributed by atoms with Crippen LogP contribution in [0, 0.1) is 6.92 Å². The third-order valence-corrected chi connectivity index (χ3v) is 3.21. The van der Waals surface area contributed by atoms with Gasteiger partial charge in [-0.2, -0.15) is 15.0 Å². The number of aryl methyl sites for hydroxylation is 1. The van der Waals surface area contributed by atoms with Crippen molar-refractivity contribution in [3.05, 3.63) is 10.3 Å². The second kappa shape index (κ2) is 4.25. The summed E-state index contributed by atoms with van der Waals surface area (Å²) in [6, 6.07) is 0. The lowest BCUT2D eigenvalue weighted by atomic mass is 10.9. The molecule has 0 spiro atoms. The lowest BCUT2D eigenvalue weighted by Gasteiger charge is -1.96. The van der Waals surface area contributed by atoms with Crippen molar-refractivity contribution in [2.45, 2.75) is 16.4 Å². The Morgan fingerprint density at radius 3 is 2.67 bits per heavy atom. The molecular weight excluding hydrogens is 256 g/mol. The van der Waals surface area contributed by atoms with Crippen molar-refractivity contribution in [3.8, 4) is 0 Å². The first kappa shape index (κ1) is 10.5. The number of rotatable bonds is 2. The van der Waals surface area contributed by atoms with Crippen LogP contribution in [-0.4, -0.2) is 25.1 Å². The van der Waals surface area contributed by atoms with E-state index < -0.39 is 0 Å². The Balaban J connectivity index is 2.24. The molecule has 15 heavy (non-hydrogen) atoms. The van der Waals surface area contributed by atoms with Crippen LogP contribution >= 0.6 is 34.7 Å². The fourth-order valence-corrected chi connectivity index (χ4v) is 2.68. The molecule has 78 valence electrons. The molecule has 0 aromatic carbocycles. The molecule has 0 radical (unpaired) electrons. The average molecular weight is 261 g/mol. The number of nitrogen functional groups attached to an aromatic ring is 1. The van der Waals surface area contributed by atoms with Gasteiger partial charge in [0.1, 0.15) is 5.01 Å². The summed E-state index contributed by atoms with van der Waals surface area (Å²) in [7, 11) is 0. The predicted octanol–water partition coefficient (Wildman–Crippen LogP) is 1.42.